The van der Waals surface area contributed by atoms with Gasteiger partial charge in [0.05, 0.1) is 22.5 Å². The summed E-state index contributed by atoms with van der Waals surface area (Å²) < 4.78 is 27.0. The van der Waals surface area contributed by atoms with Crippen LogP contribution in [0.2, 0.25) is 0 Å². The van der Waals surface area contributed by atoms with Crippen LogP contribution in [0.5, 0.6) is 0 Å². The van der Waals surface area contributed by atoms with E-state index in [1.807, 2.05) is 12.2 Å². The molecule has 3 N–H and O–H groups in total. The van der Waals surface area contributed by atoms with E-state index < -0.39 is 32.6 Å². The van der Waals surface area contributed by atoms with Crippen molar-refractivity contribution in [2.75, 3.05) is 13.6 Å². The molecule has 3 aliphatic rings. The van der Waals surface area contributed by atoms with Crippen LogP contribution in [-0.4, -0.2) is 62.1 Å². The number of hydrogen-bond acceptors (Lipinski definition) is 6. The molecule has 0 aromatic carbocycles. The fourth-order valence-corrected chi connectivity index (χ4v) is 5.99. The lowest BCUT2D eigenvalue weighted by Gasteiger charge is -2.17. The van der Waals surface area contributed by atoms with Crippen molar-refractivity contribution in [2.24, 2.45) is 22.1 Å². The second kappa shape index (κ2) is 12.0. The zero-order chi connectivity index (χ0) is 25.5. The summed E-state index contributed by atoms with van der Waals surface area (Å²) in [5.74, 6) is -0.283. The van der Waals surface area contributed by atoms with E-state index in [4.69, 9.17) is 5.73 Å². The number of nitrogens with zero attached hydrogens (tertiary/aromatic N) is 2. The van der Waals surface area contributed by atoms with Gasteiger partial charge in [-0.15, -0.1) is 0 Å². The van der Waals surface area contributed by atoms with Gasteiger partial charge in [0, 0.05) is 20.0 Å². The van der Waals surface area contributed by atoms with Gasteiger partial charge in [-0.05, 0) is 63.4 Å². The van der Waals surface area contributed by atoms with Crippen LogP contribution < -0.4 is 10.5 Å². The lowest BCUT2D eigenvalue weighted by atomic mass is 9.99. The molecule has 1 saturated heterocycles. The monoisotopic (exact) mass is 506 g/mol. The summed E-state index contributed by atoms with van der Waals surface area (Å²) in [4.78, 5) is 42.4. The van der Waals surface area contributed by atoms with Crippen molar-refractivity contribution in [1.82, 2.24) is 9.62 Å². The number of amides is 2. The molecular formula is C25H38N4O5S. The molecule has 9 nitrogen and oxygen atoms in total. The fraction of sp³-hybridized carbons (Fsp3) is 0.680. The summed E-state index contributed by atoms with van der Waals surface area (Å²) in [6.45, 7) is 0.546. The number of rotatable bonds is 15. The Kier molecular flexibility index (Phi) is 9.27. The number of likely N-dealkylation sites (tertiary alicyclic amines) is 1. The maximum Gasteiger partial charge on any atom is 0.244 e. The van der Waals surface area contributed by atoms with Crippen LogP contribution in [0.1, 0.15) is 70.6 Å². The van der Waals surface area contributed by atoms with Crippen molar-refractivity contribution in [2.45, 2.75) is 81.9 Å². The van der Waals surface area contributed by atoms with Crippen molar-refractivity contribution in [3.8, 4) is 0 Å². The SMILES string of the molecule is CN=C(N)CCCCCCC=CC1CC1(C=CC(=O)C1CCCN1C=O)C(=O)NS(=O)(=O)C1CC1. The zero-order valence-corrected chi connectivity index (χ0v) is 21.3. The topological polar surface area (TPSA) is 139 Å². The van der Waals surface area contributed by atoms with Gasteiger partial charge in [-0.25, -0.2) is 8.42 Å². The van der Waals surface area contributed by atoms with Crippen LogP contribution in [0.3, 0.4) is 0 Å². The lowest BCUT2D eigenvalue weighted by molar-refractivity contribution is -0.126. The summed E-state index contributed by atoms with van der Waals surface area (Å²) in [5, 5.41) is -0.500. The van der Waals surface area contributed by atoms with Crippen LogP contribution in [0.15, 0.2) is 29.3 Å². The van der Waals surface area contributed by atoms with Crippen LogP contribution in [0.25, 0.3) is 0 Å². The van der Waals surface area contributed by atoms with E-state index in [9.17, 15) is 22.8 Å². The van der Waals surface area contributed by atoms with Gasteiger partial charge in [-0.3, -0.25) is 24.1 Å². The number of nitrogens with one attached hydrogen (secondary N) is 1. The number of carbonyl (C=O) groups excluding carboxylic acids is 3. The van der Waals surface area contributed by atoms with Crippen molar-refractivity contribution in [3.63, 3.8) is 0 Å². The Labute approximate surface area is 208 Å². The first-order chi connectivity index (χ1) is 16.7. The van der Waals surface area contributed by atoms with Gasteiger partial charge in [-0.2, -0.15) is 0 Å². The predicted octanol–water partition coefficient (Wildman–Crippen LogP) is 2.23. The van der Waals surface area contributed by atoms with Crippen LogP contribution in [-0.2, 0) is 24.4 Å². The Morgan fingerprint density at radius 1 is 1.17 bits per heavy atom. The lowest BCUT2D eigenvalue weighted by Crippen LogP contribution is -2.39. The normalized spacial score (nSPS) is 27.0. The number of allylic oxidation sites excluding steroid dienone is 2. The first kappa shape index (κ1) is 27.1. The zero-order valence-electron chi connectivity index (χ0n) is 20.5. The van der Waals surface area contributed by atoms with Crippen LogP contribution >= 0.6 is 0 Å². The van der Waals surface area contributed by atoms with E-state index in [0.717, 1.165) is 44.9 Å². The molecule has 0 radical (unpaired) electrons. The van der Waals surface area contributed by atoms with E-state index in [0.29, 0.717) is 44.5 Å². The first-order valence-electron chi connectivity index (χ1n) is 12.6. The third kappa shape index (κ3) is 7.25. The van der Waals surface area contributed by atoms with Gasteiger partial charge in [0.1, 0.15) is 0 Å². The molecule has 0 aromatic rings. The molecule has 3 rings (SSSR count). The number of unbranched alkanes of at least 4 members (excludes halogenated alkanes) is 4. The molecule has 2 amide bonds. The Bertz CT molecular complexity index is 986. The van der Waals surface area contributed by atoms with Gasteiger partial charge in [-0.1, -0.05) is 31.1 Å². The number of nitrogens with two attached hydrogens (primary N) is 1. The largest absolute Gasteiger partial charge is 0.387 e. The van der Waals surface area contributed by atoms with Gasteiger partial charge in [0.2, 0.25) is 22.3 Å². The van der Waals surface area contributed by atoms with Crippen molar-refractivity contribution in [3.05, 3.63) is 24.3 Å². The quantitative estimate of drug-likeness (QED) is 0.0872. The van der Waals surface area contributed by atoms with Gasteiger partial charge >= 0.3 is 0 Å². The average molecular weight is 507 g/mol. The number of aliphatic imine (C=N–C) groups is 1. The van der Waals surface area contributed by atoms with Crippen LogP contribution in [0, 0.1) is 11.3 Å². The second-order valence-corrected chi connectivity index (χ2v) is 11.8. The number of ketones is 1. The molecule has 1 heterocycles. The first-order valence-corrected chi connectivity index (χ1v) is 14.2. The Balaban J connectivity index is 1.57. The van der Waals surface area contributed by atoms with Gasteiger partial charge < -0.3 is 10.6 Å². The van der Waals surface area contributed by atoms with Crippen LogP contribution in [0.4, 0.5) is 0 Å². The van der Waals surface area contributed by atoms with Crippen molar-refractivity contribution < 1.29 is 22.8 Å². The van der Waals surface area contributed by atoms with Crippen molar-refractivity contribution in [1.29, 1.82) is 0 Å². The van der Waals surface area contributed by atoms with E-state index in [1.54, 1.807) is 13.1 Å². The Hall–Kier alpha value is -2.49. The summed E-state index contributed by atoms with van der Waals surface area (Å²) >= 11 is 0. The molecule has 0 aromatic heterocycles. The summed E-state index contributed by atoms with van der Waals surface area (Å²) in [6, 6.07) is -0.509. The molecule has 2 aliphatic carbocycles. The summed E-state index contributed by atoms with van der Waals surface area (Å²) in [7, 11) is -1.99. The third-order valence-corrected chi connectivity index (χ3v) is 9.01. The minimum absolute atomic E-state index is 0.160. The number of carbonyl (C=O) groups is 3. The standard InChI is InChI=1S/C25H38N4O5S/c1-27-23(26)11-7-5-3-2-4-6-9-19-17-25(19,24(32)28-35(33,34)20-12-13-20)15-14-22(31)21-10-8-16-29(21)18-30/h6,9,14-15,18-21H,2-5,7-8,10-13,16-17H2,1H3,(H2,26,27)(H,28,32). The fourth-order valence-electron chi connectivity index (χ4n) is 4.62. The highest BCUT2D eigenvalue weighted by atomic mass is 32.2. The van der Waals surface area contributed by atoms with Crippen molar-refractivity contribution >= 4 is 34.0 Å². The van der Waals surface area contributed by atoms with E-state index >= 15 is 0 Å². The Morgan fingerprint density at radius 2 is 1.91 bits per heavy atom. The second-order valence-electron chi connectivity index (χ2n) is 9.86. The number of sulfonamides is 1. The molecular weight excluding hydrogens is 468 g/mol. The molecule has 0 spiro atoms. The molecule has 0 bridgehead atoms. The predicted molar refractivity (Wildman–Crippen MR) is 135 cm³/mol. The van der Waals surface area contributed by atoms with Gasteiger partial charge in [0.15, 0.2) is 5.78 Å². The molecule has 3 unspecified atom stereocenters. The molecule has 194 valence electrons. The van der Waals surface area contributed by atoms with Gasteiger partial charge in [0.25, 0.3) is 0 Å². The highest BCUT2D eigenvalue weighted by Gasteiger charge is 2.58. The molecule has 3 fully saturated rings. The summed E-state index contributed by atoms with van der Waals surface area (Å²) in [5.41, 5.74) is 4.65. The van der Waals surface area contributed by atoms with E-state index in [2.05, 4.69) is 9.71 Å². The third-order valence-electron chi connectivity index (χ3n) is 7.19. The highest BCUT2D eigenvalue weighted by molar-refractivity contribution is 7.90. The molecule has 2 saturated carbocycles. The highest BCUT2D eigenvalue weighted by Crippen LogP contribution is 2.55. The number of amidine groups is 1. The number of hydrogen-bond donors (Lipinski definition) is 2. The van der Waals surface area contributed by atoms with E-state index in [1.165, 1.54) is 11.0 Å². The minimum Gasteiger partial charge on any atom is -0.387 e. The smallest absolute Gasteiger partial charge is 0.244 e. The molecule has 35 heavy (non-hydrogen) atoms. The molecule has 1 aliphatic heterocycles. The maximum absolute atomic E-state index is 13.1. The average Bonchev–Trinajstić information content (AvgIpc) is 3.75. The minimum atomic E-state index is -3.68. The Morgan fingerprint density at radius 3 is 2.60 bits per heavy atom. The molecule has 10 heteroatoms. The summed E-state index contributed by atoms with van der Waals surface area (Å²) in [6.07, 6.45) is 16.4. The molecule has 3 atom stereocenters. The maximum atomic E-state index is 13.1. The van der Waals surface area contributed by atoms with E-state index in [-0.39, 0.29) is 11.7 Å².